The molecule has 0 radical (unpaired) electrons. The summed E-state index contributed by atoms with van der Waals surface area (Å²) in [7, 11) is 0. The zero-order valence-electron chi connectivity index (χ0n) is 16.4. The summed E-state index contributed by atoms with van der Waals surface area (Å²) in [6.07, 6.45) is 4.38. The van der Waals surface area contributed by atoms with Crippen LogP contribution in [0.5, 0.6) is 0 Å². The molecule has 2 atom stereocenters. The topological polar surface area (TPSA) is 105 Å². The third-order valence-corrected chi connectivity index (χ3v) is 5.00. The highest BCUT2D eigenvalue weighted by Gasteiger charge is 2.30. The van der Waals surface area contributed by atoms with Crippen LogP contribution >= 0.6 is 0 Å². The number of hydrogen-bond donors (Lipinski definition) is 3. The Morgan fingerprint density at radius 3 is 2.17 bits per heavy atom. The van der Waals surface area contributed by atoms with E-state index in [0.29, 0.717) is 0 Å². The van der Waals surface area contributed by atoms with Gasteiger partial charge in [-0.05, 0) is 29.2 Å². The zero-order valence-corrected chi connectivity index (χ0v) is 16.4. The van der Waals surface area contributed by atoms with Gasteiger partial charge >= 0.3 is 12.1 Å². The van der Waals surface area contributed by atoms with Gasteiger partial charge in [-0.15, -0.1) is 12.3 Å². The van der Waals surface area contributed by atoms with Gasteiger partial charge in [-0.25, -0.2) is 4.79 Å². The first kappa shape index (κ1) is 20.9. The minimum atomic E-state index is -1.19. The maximum atomic E-state index is 12.3. The summed E-state index contributed by atoms with van der Waals surface area (Å²) in [5.74, 6) is 0.311. The molecular weight excluding hydrogens is 384 g/mol. The number of carboxylic acid groups (broad SMARTS) is 1. The highest BCUT2D eigenvalue weighted by atomic mass is 16.5. The lowest BCUT2D eigenvalue weighted by Gasteiger charge is -2.19. The minimum absolute atomic E-state index is 0.0930. The molecular formula is C23H22N2O5. The highest BCUT2D eigenvalue weighted by molar-refractivity contribution is 5.89. The molecule has 0 heterocycles. The summed E-state index contributed by atoms with van der Waals surface area (Å²) < 4.78 is 5.40. The van der Waals surface area contributed by atoms with Crippen LogP contribution in [-0.4, -0.2) is 41.8 Å². The number of carbonyl (C=O) groups is 3. The second-order valence-corrected chi connectivity index (χ2v) is 7.00. The van der Waals surface area contributed by atoms with E-state index in [0.717, 1.165) is 22.3 Å². The molecule has 3 N–H and O–H groups in total. The van der Waals surface area contributed by atoms with Crippen molar-refractivity contribution in [1.29, 1.82) is 0 Å². The average Bonchev–Trinajstić information content (AvgIpc) is 3.05. The van der Waals surface area contributed by atoms with E-state index < -0.39 is 30.1 Å². The molecule has 0 saturated heterocycles. The largest absolute Gasteiger partial charge is 0.480 e. The number of nitrogens with one attached hydrogen (secondary N) is 2. The van der Waals surface area contributed by atoms with Crippen molar-refractivity contribution in [2.45, 2.75) is 31.3 Å². The summed E-state index contributed by atoms with van der Waals surface area (Å²) in [4.78, 5) is 35.5. The molecule has 0 bridgehead atoms. The molecule has 7 heteroatoms. The van der Waals surface area contributed by atoms with Gasteiger partial charge in [-0.3, -0.25) is 9.59 Å². The molecule has 2 aromatic rings. The molecule has 2 amide bonds. The fraction of sp³-hybridized carbons (Fsp3) is 0.261. The molecule has 0 fully saturated rings. The lowest BCUT2D eigenvalue weighted by molar-refractivity contribution is -0.141. The molecule has 1 aliphatic rings. The first-order valence-electron chi connectivity index (χ1n) is 9.50. The third-order valence-electron chi connectivity index (χ3n) is 5.00. The van der Waals surface area contributed by atoms with E-state index in [1.54, 1.807) is 0 Å². The molecule has 30 heavy (non-hydrogen) atoms. The molecule has 0 aliphatic heterocycles. The van der Waals surface area contributed by atoms with Crippen LogP contribution in [0, 0.1) is 12.3 Å². The van der Waals surface area contributed by atoms with E-state index in [4.69, 9.17) is 16.3 Å². The number of alkyl carbamates (subject to hydrolysis) is 1. The van der Waals surface area contributed by atoms with Gasteiger partial charge in [0.1, 0.15) is 18.7 Å². The third kappa shape index (κ3) is 4.44. The first-order chi connectivity index (χ1) is 14.4. The van der Waals surface area contributed by atoms with Crippen molar-refractivity contribution < 1.29 is 24.2 Å². The van der Waals surface area contributed by atoms with E-state index in [9.17, 15) is 14.4 Å². The Balaban J connectivity index is 1.65. The van der Waals surface area contributed by atoms with Gasteiger partial charge in [0.15, 0.2) is 0 Å². The number of terminal acetylenes is 1. The quantitative estimate of drug-likeness (QED) is 0.613. The van der Waals surface area contributed by atoms with Crippen LogP contribution in [-0.2, 0) is 14.3 Å². The van der Waals surface area contributed by atoms with Crippen LogP contribution < -0.4 is 10.6 Å². The average molecular weight is 406 g/mol. The fourth-order valence-electron chi connectivity index (χ4n) is 3.49. The summed E-state index contributed by atoms with van der Waals surface area (Å²) in [6, 6.07) is 13.7. The first-order valence-corrected chi connectivity index (χ1v) is 9.50. The Labute approximate surface area is 174 Å². The van der Waals surface area contributed by atoms with Crippen LogP contribution in [0.15, 0.2) is 48.5 Å². The number of aliphatic carboxylic acids is 1. The Kier molecular flexibility index (Phi) is 6.38. The van der Waals surface area contributed by atoms with Crippen LogP contribution in [0.2, 0.25) is 0 Å². The summed E-state index contributed by atoms with van der Waals surface area (Å²) in [5.41, 5.74) is 4.35. The van der Waals surface area contributed by atoms with Crippen molar-refractivity contribution in [3.8, 4) is 23.5 Å². The summed E-state index contributed by atoms with van der Waals surface area (Å²) in [6.45, 7) is 1.41. The molecule has 3 rings (SSSR count). The molecule has 0 saturated carbocycles. The molecule has 2 aromatic carbocycles. The van der Waals surface area contributed by atoms with Gasteiger partial charge < -0.3 is 20.5 Å². The summed E-state index contributed by atoms with van der Waals surface area (Å²) in [5, 5.41) is 13.6. The number of amides is 2. The summed E-state index contributed by atoms with van der Waals surface area (Å²) >= 11 is 0. The number of hydrogen-bond acceptors (Lipinski definition) is 4. The number of ether oxygens (including phenoxy) is 1. The Hall–Kier alpha value is -3.79. The smallest absolute Gasteiger partial charge is 0.407 e. The molecule has 0 aromatic heterocycles. The van der Waals surface area contributed by atoms with Gasteiger partial charge in [0.25, 0.3) is 0 Å². The van der Waals surface area contributed by atoms with E-state index in [2.05, 4.69) is 16.6 Å². The normalized spacial score (nSPS) is 13.9. The van der Waals surface area contributed by atoms with Crippen molar-refractivity contribution in [1.82, 2.24) is 10.6 Å². The van der Waals surface area contributed by atoms with Gasteiger partial charge in [0, 0.05) is 12.3 Å². The maximum absolute atomic E-state index is 12.3. The van der Waals surface area contributed by atoms with E-state index in [1.165, 1.54) is 6.92 Å². The molecule has 1 unspecified atom stereocenters. The molecule has 7 nitrogen and oxygen atoms in total. The van der Waals surface area contributed by atoms with Crippen molar-refractivity contribution in [3.05, 3.63) is 59.7 Å². The molecule has 154 valence electrons. The zero-order chi connectivity index (χ0) is 21.7. The monoisotopic (exact) mass is 406 g/mol. The van der Waals surface area contributed by atoms with Crippen LogP contribution in [0.1, 0.15) is 30.4 Å². The number of rotatable bonds is 7. The second kappa shape index (κ2) is 9.14. The number of benzene rings is 2. The van der Waals surface area contributed by atoms with Crippen molar-refractivity contribution in [2.75, 3.05) is 6.61 Å². The van der Waals surface area contributed by atoms with Crippen molar-refractivity contribution in [3.63, 3.8) is 0 Å². The van der Waals surface area contributed by atoms with Crippen molar-refractivity contribution in [2.24, 2.45) is 0 Å². The molecule has 0 spiro atoms. The highest BCUT2D eigenvalue weighted by Crippen LogP contribution is 2.44. The Morgan fingerprint density at radius 1 is 1.07 bits per heavy atom. The van der Waals surface area contributed by atoms with Gasteiger partial charge in [-0.1, -0.05) is 48.5 Å². The van der Waals surface area contributed by atoms with E-state index in [-0.39, 0.29) is 18.9 Å². The maximum Gasteiger partial charge on any atom is 0.407 e. The Bertz CT molecular complexity index is 965. The van der Waals surface area contributed by atoms with Gasteiger partial charge in [-0.2, -0.15) is 0 Å². The molecule has 1 aliphatic carbocycles. The SMILES string of the molecule is C#CCC(NC(=O)OCC1c2ccccc2-c2ccccc21)C(=O)N[C@H](C)C(=O)O. The van der Waals surface area contributed by atoms with E-state index in [1.807, 2.05) is 48.5 Å². The van der Waals surface area contributed by atoms with Crippen LogP contribution in [0.3, 0.4) is 0 Å². The second-order valence-electron chi connectivity index (χ2n) is 7.00. The lowest BCUT2D eigenvalue weighted by Crippen LogP contribution is -2.50. The Morgan fingerprint density at radius 2 is 1.63 bits per heavy atom. The van der Waals surface area contributed by atoms with Crippen molar-refractivity contribution >= 4 is 18.0 Å². The fourth-order valence-corrected chi connectivity index (χ4v) is 3.49. The minimum Gasteiger partial charge on any atom is -0.480 e. The predicted molar refractivity (Wildman–Crippen MR) is 111 cm³/mol. The standard InChI is InChI=1S/C23H22N2O5/c1-3-8-20(21(26)24-14(2)22(27)28)25-23(29)30-13-19-17-11-6-4-9-15(17)16-10-5-7-12-18(16)19/h1,4-7,9-12,14,19-20H,8,13H2,2H3,(H,24,26)(H,25,29)(H,27,28)/t14-,20?/m1/s1. The number of fused-ring (bicyclic) bond motifs is 3. The van der Waals surface area contributed by atoms with Crippen LogP contribution in [0.4, 0.5) is 4.79 Å². The number of carbonyl (C=O) groups excluding carboxylic acids is 2. The lowest BCUT2D eigenvalue weighted by atomic mass is 9.98. The van der Waals surface area contributed by atoms with E-state index >= 15 is 0 Å². The number of carboxylic acids is 1. The van der Waals surface area contributed by atoms with Gasteiger partial charge in [0.05, 0.1) is 0 Å². The predicted octanol–water partition coefficient (Wildman–Crippen LogP) is 2.51. The van der Waals surface area contributed by atoms with Gasteiger partial charge in [0.2, 0.25) is 5.91 Å². The van der Waals surface area contributed by atoms with Crippen LogP contribution in [0.25, 0.3) is 11.1 Å².